The number of halogens is 1. The Labute approximate surface area is 245 Å². The van der Waals surface area contributed by atoms with Crippen LogP contribution in [0.4, 0.5) is 11.4 Å². The fraction of sp³-hybridized carbons (Fsp3) is 0.258. The van der Waals surface area contributed by atoms with Gasteiger partial charge in [-0.05, 0) is 86.6 Å². The van der Waals surface area contributed by atoms with Gasteiger partial charge in [0.2, 0.25) is 5.91 Å². The molecule has 1 saturated heterocycles. The van der Waals surface area contributed by atoms with Crippen molar-refractivity contribution in [1.29, 1.82) is 0 Å². The highest BCUT2D eigenvalue weighted by Gasteiger charge is 2.42. The van der Waals surface area contributed by atoms with E-state index in [1.807, 2.05) is 61.5 Å². The summed E-state index contributed by atoms with van der Waals surface area (Å²) in [5.74, 6) is 0.475. The van der Waals surface area contributed by atoms with Gasteiger partial charge in [-0.15, -0.1) is 0 Å². The smallest absolute Gasteiger partial charge is 0.224 e. The van der Waals surface area contributed by atoms with Gasteiger partial charge in [-0.3, -0.25) is 9.78 Å². The van der Waals surface area contributed by atoms with Crippen molar-refractivity contribution in [3.63, 3.8) is 0 Å². The number of anilines is 2. The molecule has 0 aliphatic carbocycles. The number of pyridine rings is 1. The van der Waals surface area contributed by atoms with Gasteiger partial charge in [0.05, 0.1) is 30.6 Å². The number of aromatic nitrogens is 2. The lowest BCUT2D eigenvalue weighted by Crippen LogP contribution is -2.29. The second-order valence-electron chi connectivity index (χ2n) is 9.88. The number of carbonyl (C=O) groups is 1. The van der Waals surface area contributed by atoms with Crippen molar-refractivity contribution in [2.75, 3.05) is 17.3 Å². The number of benzene rings is 2. The van der Waals surface area contributed by atoms with Crippen molar-refractivity contribution in [2.24, 2.45) is 0 Å². The number of rotatable bonds is 7. The van der Waals surface area contributed by atoms with Crippen LogP contribution < -0.4 is 20.3 Å². The van der Waals surface area contributed by atoms with Crippen molar-refractivity contribution in [1.82, 2.24) is 14.9 Å². The first-order chi connectivity index (χ1) is 19.2. The Kier molecular flexibility index (Phi) is 7.83. The molecular formula is C31H32ClN5O2S. The number of carbonyl (C=O) groups excluding carboxylic acids is 1. The third-order valence-corrected chi connectivity index (χ3v) is 7.91. The maximum atomic E-state index is 12.1. The van der Waals surface area contributed by atoms with E-state index >= 15 is 0 Å². The van der Waals surface area contributed by atoms with Gasteiger partial charge in [0.25, 0.3) is 0 Å². The SMILES string of the molecule is CCC(=O)Nc1ccc(N2C(=S)N[C@H](c3ccccn3)[C@H]2c2cc(C)n(-c3cc(Cl)ccc3C)c2C)cc1OC. The zero-order valence-electron chi connectivity index (χ0n) is 23.2. The zero-order chi connectivity index (χ0) is 28.6. The molecule has 5 rings (SSSR count). The highest BCUT2D eigenvalue weighted by molar-refractivity contribution is 7.80. The van der Waals surface area contributed by atoms with E-state index in [0.29, 0.717) is 28.0 Å². The molecule has 1 amide bonds. The minimum absolute atomic E-state index is 0.0822. The fourth-order valence-corrected chi connectivity index (χ4v) is 5.91. The zero-order valence-corrected chi connectivity index (χ0v) is 24.7. The lowest BCUT2D eigenvalue weighted by atomic mass is 9.96. The molecule has 0 unspecified atom stereocenters. The van der Waals surface area contributed by atoms with E-state index < -0.39 is 0 Å². The minimum atomic E-state index is -0.206. The molecule has 2 atom stereocenters. The normalized spacial score (nSPS) is 16.6. The Balaban J connectivity index is 1.66. The molecule has 0 spiro atoms. The van der Waals surface area contributed by atoms with Crippen LogP contribution in [-0.4, -0.2) is 27.7 Å². The van der Waals surface area contributed by atoms with E-state index in [1.54, 1.807) is 13.3 Å². The van der Waals surface area contributed by atoms with Crippen LogP contribution in [0.15, 0.2) is 66.9 Å². The Morgan fingerprint density at radius 1 is 1.12 bits per heavy atom. The standard InChI is InChI=1S/C31H32ClN5O2S/c1-6-28(38)34-24-13-12-22(17-27(24)39-5)37-30(29(35-31(37)40)25-9-7-8-14-33-25)23-15-19(3)36(20(23)4)26-16-21(32)11-10-18(26)2/h7-17,29-30H,6H2,1-5H3,(H,34,38)(H,35,40)/t29-,30-/m1/s1. The number of aryl methyl sites for hydroxylation is 2. The quantitative estimate of drug-likeness (QED) is 0.232. The number of nitrogens with one attached hydrogen (secondary N) is 2. The highest BCUT2D eigenvalue weighted by Crippen LogP contribution is 2.45. The summed E-state index contributed by atoms with van der Waals surface area (Å²) in [6, 6.07) is 19.4. The van der Waals surface area contributed by atoms with Gasteiger partial charge in [-0.1, -0.05) is 30.7 Å². The minimum Gasteiger partial charge on any atom is -0.494 e. The molecule has 0 bridgehead atoms. The third kappa shape index (κ3) is 5.05. The van der Waals surface area contributed by atoms with Crippen molar-refractivity contribution in [3.05, 3.63) is 100 Å². The van der Waals surface area contributed by atoms with Gasteiger partial charge in [0.1, 0.15) is 5.75 Å². The molecule has 0 saturated carbocycles. The second kappa shape index (κ2) is 11.3. The molecule has 2 aromatic carbocycles. The molecular weight excluding hydrogens is 542 g/mol. The second-order valence-corrected chi connectivity index (χ2v) is 10.7. The number of methoxy groups -OCH3 is 1. The highest BCUT2D eigenvalue weighted by atomic mass is 35.5. The van der Waals surface area contributed by atoms with E-state index in [1.165, 1.54) is 0 Å². The number of thiocarbonyl (C=S) groups is 1. The molecule has 1 aliphatic heterocycles. The number of amides is 1. The maximum Gasteiger partial charge on any atom is 0.224 e. The van der Waals surface area contributed by atoms with E-state index in [-0.39, 0.29) is 18.0 Å². The van der Waals surface area contributed by atoms with Crippen LogP contribution in [0.2, 0.25) is 5.02 Å². The summed E-state index contributed by atoms with van der Waals surface area (Å²) < 4.78 is 7.92. The van der Waals surface area contributed by atoms with Gasteiger partial charge < -0.3 is 24.8 Å². The van der Waals surface area contributed by atoms with Gasteiger partial charge in [-0.25, -0.2) is 0 Å². The number of hydrogen-bond donors (Lipinski definition) is 2. The van der Waals surface area contributed by atoms with Gasteiger partial charge in [0.15, 0.2) is 5.11 Å². The first-order valence-electron chi connectivity index (χ1n) is 13.2. The Morgan fingerprint density at radius 2 is 1.93 bits per heavy atom. The van der Waals surface area contributed by atoms with Crippen LogP contribution in [-0.2, 0) is 4.79 Å². The fourth-order valence-electron chi connectivity index (χ4n) is 5.40. The van der Waals surface area contributed by atoms with Crippen molar-refractivity contribution in [2.45, 2.75) is 46.2 Å². The number of ether oxygens (including phenoxy) is 1. The lowest BCUT2D eigenvalue weighted by molar-refractivity contribution is -0.115. The first-order valence-corrected chi connectivity index (χ1v) is 14.0. The van der Waals surface area contributed by atoms with Gasteiger partial charge in [-0.2, -0.15) is 0 Å². The summed E-state index contributed by atoms with van der Waals surface area (Å²) in [7, 11) is 1.59. The summed E-state index contributed by atoms with van der Waals surface area (Å²) >= 11 is 12.4. The molecule has 0 radical (unpaired) electrons. The van der Waals surface area contributed by atoms with Crippen LogP contribution >= 0.6 is 23.8 Å². The summed E-state index contributed by atoms with van der Waals surface area (Å²) in [5.41, 5.74) is 7.81. The molecule has 4 aromatic rings. The molecule has 3 heterocycles. The van der Waals surface area contributed by atoms with Crippen LogP contribution in [0.1, 0.15) is 53.6 Å². The molecule has 40 heavy (non-hydrogen) atoms. The molecule has 206 valence electrons. The Morgan fingerprint density at radius 3 is 2.62 bits per heavy atom. The van der Waals surface area contributed by atoms with E-state index in [2.05, 4.69) is 51.9 Å². The molecule has 2 aromatic heterocycles. The van der Waals surface area contributed by atoms with Crippen molar-refractivity contribution >= 4 is 46.2 Å². The average Bonchev–Trinajstić information content (AvgIpc) is 3.45. The summed E-state index contributed by atoms with van der Waals surface area (Å²) in [6.45, 7) is 8.13. The third-order valence-electron chi connectivity index (χ3n) is 7.36. The predicted octanol–water partition coefficient (Wildman–Crippen LogP) is 6.99. The number of hydrogen-bond acceptors (Lipinski definition) is 4. The summed E-state index contributed by atoms with van der Waals surface area (Å²) in [4.78, 5) is 18.9. The first kappa shape index (κ1) is 27.7. The summed E-state index contributed by atoms with van der Waals surface area (Å²) in [6.07, 6.45) is 2.17. The monoisotopic (exact) mass is 573 g/mol. The van der Waals surface area contributed by atoms with Gasteiger partial charge in [0, 0.05) is 46.5 Å². The number of nitrogens with zero attached hydrogens (tertiary/aromatic N) is 3. The summed E-state index contributed by atoms with van der Waals surface area (Å²) in [5, 5.41) is 7.71. The Hall–Kier alpha value is -3.88. The largest absolute Gasteiger partial charge is 0.494 e. The average molecular weight is 574 g/mol. The van der Waals surface area contributed by atoms with Crippen molar-refractivity contribution in [3.8, 4) is 11.4 Å². The van der Waals surface area contributed by atoms with E-state index in [9.17, 15) is 4.79 Å². The molecule has 7 nitrogen and oxygen atoms in total. The predicted molar refractivity (Wildman–Crippen MR) is 165 cm³/mol. The van der Waals surface area contributed by atoms with Crippen molar-refractivity contribution < 1.29 is 9.53 Å². The Bertz CT molecular complexity index is 1590. The molecule has 1 fully saturated rings. The molecule has 1 aliphatic rings. The molecule has 2 N–H and O–H groups in total. The van der Waals surface area contributed by atoms with Crippen LogP contribution in [0, 0.1) is 20.8 Å². The van der Waals surface area contributed by atoms with Crippen LogP contribution in [0.25, 0.3) is 5.69 Å². The van der Waals surface area contributed by atoms with E-state index in [0.717, 1.165) is 39.6 Å². The van der Waals surface area contributed by atoms with E-state index in [4.69, 9.17) is 28.6 Å². The maximum absolute atomic E-state index is 12.1. The topological polar surface area (TPSA) is 71.4 Å². The molecule has 9 heteroatoms. The van der Waals surface area contributed by atoms with Gasteiger partial charge >= 0.3 is 0 Å². The van der Waals surface area contributed by atoms with Crippen LogP contribution in [0.3, 0.4) is 0 Å². The lowest BCUT2D eigenvalue weighted by Gasteiger charge is -2.29. The van der Waals surface area contributed by atoms with Crippen LogP contribution in [0.5, 0.6) is 5.75 Å².